The molecule has 0 amide bonds. The van der Waals surface area contributed by atoms with E-state index in [1.807, 2.05) is 30.3 Å². The van der Waals surface area contributed by atoms with Crippen LogP contribution in [0.5, 0.6) is 5.75 Å². The fraction of sp³-hybridized carbons (Fsp3) is 0.0476. The van der Waals surface area contributed by atoms with Gasteiger partial charge in [-0.2, -0.15) is 0 Å². The van der Waals surface area contributed by atoms with Gasteiger partial charge >= 0.3 is 5.97 Å². The van der Waals surface area contributed by atoms with Crippen LogP contribution >= 0.6 is 11.6 Å². The van der Waals surface area contributed by atoms with Gasteiger partial charge in [-0.15, -0.1) is 0 Å². The van der Waals surface area contributed by atoms with Crippen molar-refractivity contribution in [1.29, 1.82) is 0 Å². The number of halogens is 1. The van der Waals surface area contributed by atoms with E-state index in [0.717, 1.165) is 5.56 Å². The highest BCUT2D eigenvalue weighted by Crippen LogP contribution is 2.18. The molecular formula is C21H17ClN2O3. The van der Waals surface area contributed by atoms with Gasteiger partial charge in [-0.25, -0.2) is 4.79 Å². The molecule has 0 fully saturated rings. The predicted molar refractivity (Wildman–Crippen MR) is 105 cm³/mol. The van der Waals surface area contributed by atoms with Crippen molar-refractivity contribution in [2.24, 2.45) is 10.9 Å². The summed E-state index contributed by atoms with van der Waals surface area (Å²) in [5.41, 5.74) is 7.75. The zero-order valence-corrected chi connectivity index (χ0v) is 15.1. The summed E-state index contributed by atoms with van der Waals surface area (Å²) in [6.45, 7) is 0.356. The molecule has 2 N–H and O–H groups in total. The Bertz CT molecular complexity index is 941. The van der Waals surface area contributed by atoms with Crippen LogP contribution in [0.3, 0.4) is 0 Å². The summed E-state index contributed by atoms with van der Waals surface area (Å²) in [4.78, 5) is 17.0. The predicted octanol–water partition coefficient (Wildman–Crippen LogP) is 4.40. The van der Waals surface area contributed by atoms with E-state index in [4.69, 9.17) is 26.9 Å². The van der Waals surface area contributed by atoms with E-state index in [1.165, 1.54) is 0 Å². The summed E-state index contributed by atoms with van der Waals surface area (Å²) in [5, 5.41) is 4.30. The third kappa shape index (κ3) is 5.33. The maximum Gasteiger partial charge on any atom is 0.365 e. The van der Waals surface area contributed by atoms with Crippen molar-refractivity contribution in [3.63, 3.8) is 0 Å². The highest BCUT2D eigenvalue weighted by atomic mass is 35.5. The number of benzene rings is 3. The molecule has 5 nitrogen and oxygen atoms in total. The van der Waals surface area contributed by atoms with E-state index < -0.39 is 5.97 Å². The number of carbonyl (C=O) groups is 1. The first-order valence-electron chi connectivity index (χ1n) is 8.19. The minimum Gasteiger partial charge on any atom is -0.489 e. The van der Waals surface area contributed by atoms with Gasteiger partial charge in [0.1, 0.15) is 12.4 Å². The minimum absolute atomic E-state index is 0.135. The van der Waals surface area contributed by atoms with Crippen LogP contribution in [0.25, 0.3) is 0 Å². The lowest BCUT2D eigenvalue weighted by Gasteiger charge is -2.07. The number of nitrogens with zero attached hydrogens (tertiary/aromatic N) is 1. The first-order valence-corrected chi connectivity index (χ1v) is 8.57. The Morgan fingerprint density at radius 1 is 0.926 bits per heavy atom. The molecule has 27 heavy (non-hydrogen) atoms. The average Bonchev–Trinajstić information content (AvgIpc) is 2.71. The number of nitrogens with two attached hydrogens (primary N) is 1. The number of ether oxygens (including phenoxy) is 1. The van der Waals surface area contributed by atoms with Crippen LogP contribution in [0.15, 0.2) is 84.0 Å². The molecule has 0 unspecified atom stereocenters. The second kappa shape index (κ2) is 8.87. The molecule has 6 heteroatoms. The molecule has 136 valence electrons. The zero-order valence-electron chi connectivity index (χ0n) is 14.3. The van der Waals surface area contributed by atoms with Gasteiger partial charge in [0.15, 0.2) is 5.84 Å². The fourth-order valence-corrected chi connectivity index (χ4v) is 2.45. The maximum atomic E-state index is 12.1. The second-order valence-electron chi connectivity index (χ2n) is 5.66. The van der Waals surface area contributed by atoms with Gasteiger partial charge in [0.05, 0.1) is 5.56 Å². The summed E-state index contributed by atoms with van der Waals surface area (Å²) >= 11 is 5.92. The largest absolute Gasteiger partial charge is 0.489 e. The van der Waals surface area contributed by atoms with E-state index in [-0.39, 0.29) is 5.84 Å². The van der Waals surface area contributed by atoms with Crippen LogP contribution in [0.4, 0.5) is 0 Å². The molecule has 0 atom stereocenters. The van der Waals surface area contributed by atoms with Gasteiger partial charge in [0.2, 0.25) is 0 Å². The summed E-state index contributed by atoms with van der Waals surface area (Å²) in [6.07, 6.45) is 0. The van der Waals surface area contributed by atoms with E-state index in [9.17, 15) is 4.79 Å². The first-order chi connectivity index (χ1) is 13.1. The molecule has 3 aromatic carbocycles. The molecule has 0 spiro atoms. The van der Waals surface area contributed by atoms with Crippen LogP contribution in [0.1, 0.15) is 21.5 Å². The van der Waals surface area contributed by atoms with Gasteiger partial charge in [0, 0.05) is 10.6 Å². The molecule has 0 aliphatic carbocycles. The van der Waals surface area contributed by atoms with Gasteiger partial charge in [-0.05, 0) is 35.9 Å². The smallest absolute Gasteiger partial charge is 0.365 e. The van der Waals surface area contributed by atoms with Crippen molar-refractivity contribution in [3.8, 4) is 5.75 Å². The number of rotatable bonds is 6. The molecule has 0 bridgehead atoms. The molecule has 0 aromatic heterocycles. The molecule has 3 aromatic rings. The Balaban J connectivity index is 1.57. The van der Waals surface area contributed by atoms with Gasteiger partial charge in [-0.1, -0.05) is 65.3 Å². The lowest BCUT2D eigenvalue weighted by atomic mass is 10.1. The monoisotopic (exact) mass is 380 g/mol. The average molecular weight is 381 g/mol. The molecule has 0 heterocycles. The topological polar surface area (TPSA) is 73.9 Å². The van der Waals surface area contributed by atoms with Crippen molar-refractivity contribution in [2.75, 3.05) is 0 Å². The molecule has 0 radical (unpaired) electrons. The molecule has 0 aliphatic heterocycles. The van der Waals surface area contributed by atoms with E-state index in [1.54, 1.807) is 48.5 Å². The Labute approximate surface area is 162 Å². The van der Waals surface area contributed by atoms with Crippen molar-refractivity contribution in [1.82, 2.24) is 0 Å². The Morgan fingerprint density at radius 3 is 2.37 bits per heavy atom. The van der Waals surface area contributed by atoms with Crippen molar-refractivity contribution in [2.45, 2.75) is 6.61 Å². The van der Waals surface area contributed by atoms with E-state index in [2.05, 4.69) is 5.16 Å². The molecule has 0 saturated carbocycles. The van der Waals surface area contributed by atoms with Crippen LogP contribution in [0, 0.1) is 0 Å². The Morgan fingerprint density at radius 2 is 1.67 bits per heavy atom. The SMILES string of the molecule is N/C(=N\OC(=O)c1ccc(COc2cccc(Cl)c2)cc1)c1ccccc1. The van der Waals surface area contributed by atoms with Crippen molar-refractivity contribution < 1.29 is 14.4 Å². The van der Waals surface area contributed by atoms with Gasteiger partial charge in [0.25, 0.3) is 0 Å². The van der Waals surface area contributed by atoms with Crippen LogP contribution in [-0.2, 0) is 11.4 Å². The number of hydrogen-bond donors (Lipinski definition) is 1. The minimum atomic E-state index is -0.587. The van der Waals surface area contributed by atoms with E-state index in [0.29, 0.717) is 28.5 Å². The highest BCUT2D eigenvalue weighted by Gasteiger charge is 2.08. The fourth-order valence-electron chi connectivity index (χ4n) is 2.27. The molecular weight excluding hydrogens is 364 g/mol. The van der Waals surface area contributed by atoms with Gasteiger partial charge < -0.3 is 15.3 Å². The lowest BCUT2D eigenvalue weighted by molar-refractivity contribution is 0.0516. The van der Waals surface area contributed by atoms with Crippen LogP contribution < -0.4 is 10.5 Å². The van der Waals surface area contributed by atoms with Crippen LogP contribution in [0.2, 0.25) is 5.02 Å². The van der Waals surface area contributed by atoms with Gasteiger partial charge in [-0.3, -0.25) is 0 Å². The molecule has 0 aliphatic rings. The standard InChI is InChI=1S/C21H17ClN2O3/c22-18-7-4-8-19(13-18)26-14-15-9-11-17(12-10-15)21(25)27-24-20(23)16-5-2-1-3-6-16/h1-13H,14H2,(H2,23,24). The molecule has 3 rings (SSSR count). The number of amidine groups is 1. The second-order valence-corrected chi connectivity index (χ2v) is 6.10. The maximum absolute atomic E-state index is 12.1. The summed E-state index contributed by atoms with van der Waals surface area (Å²) in [7, 11) is 0. The summed E-state index contributed by atoms with van der Waals surface area (Å²) in [6, 6.07) is 23.1. The van der Waals surface area contributed by atoms with E-state index >= 15 is 0 Å². The normalized spacial score (nSPS) is 11.1. The Kier molecular flexibility index (Phi) is 6.07. The summed E-state index contributed by atoms with van der Waals surface area (Å²) < 4.78 is 5.66. The van der Waals surface area contributed by atoms with Crippen molar-refractivity contribution in [3.05, 3.63) is 101 Å². The first kappa shape index (κ1) is 18.5. The lowest BCUT2D eigenvalue weighted by Crippen LogP contribution is -2.15. The third-order valence-corrected chi connectivity index (χ3v) is 3.92. The Hall–Kier alpha value is -3.31. The number of oxime groups is 1. The highest BCUT2D eigenvalue weighted by molar-refractivity contribution is 6.30. The van der Waals surface area contributed by atoms with Crippen LogP contribution in [-0.4, -0.2) is 11.8 Å². The quantitative estimate of drug-likeness (QED) is 0.298. The molecule has 0 saturated heterocycles. The number of carbonyl (C=O) groups excluding carboxylic acids is 1. The zero-order chi connectivity index (χ0) is 19.1. The third-order valence-electron chi connectivity index (χ3n) is 3.69. The van der Waals surface area contributed by atoms with Crippen molar-refractivity contribution >= 4 is 23.4 Å². The number of hydrogen-bond acceptors (Lipinski definition) is 4. The summed E-state index contributed by atoms with van der Waals surface area (Å²) in [5.74, 6) is 0.225.